The average Bonchev–Trinajstić information content (AvgIpc) is 2.36. The van der Waals surface area contributed by atoms with Crippen molar-refractivity contribution in [2.24, 2.45) is 0 Å². The van der Waals surface area contributed by atoms with Crippen molar-refractivity contribution in [1.29, 1.82) is 0 Å². The molecule has 3 amide bonds. The van der Waals surface area contributed by atoms with Gasteiger partial charge in [-0.15, -0.1) is 0 Å². The molecule has 0 radical (unpaired) electrons. The van der Waals surface area contributed by atoms with Gasteiger partial charge >= 0.3 is 6.03 Å². The maximum Gasteiger partial charge on any atom is 0.329 e. The Morgan fingerprint density at radius 2 is 1.88 bits per heavy atom. The van der Waals surface area contributed by atoms with Crippen LogP contribution in [0.2, 0.25) is 0 Å². The Labute approximate surface area is 92.0 Å². The van der Waals surface area contributed by atoms with Gasteiger partial charge in [-0.3, -0.25) is 14.6 Å². The predicted molar refractivity (Wildman–Crippen MR) is 47.6 cm³/mol. The molecule has 8 nitrogen and oxygen atoms in total. The van der Waals surface area contributed by atoms with Gasteiger partial charge in [0.25, 0.3) is 5.91 Å². The van der Waals surface area contributed by atoms with Gasteiger partial charge in [-0.1, -0.05) is 0 Å². The third-order valence-corrected chi connectivity index (χ3v) is 2.58. The van der Waals surface area contributed by atoms with E-state index in [1.807, 2.05) is 0 Å². The van der Waals surface area contributed by atoms with E-state index in [0.29, 0.717) is 0 Å². The molecule has 0 N–H and O–H groups in total. The first-order valence-corrected chi connectivity index (χ1v) is 6.10. The van der Waals surface area contributed by atoms with Crippen LogP contribution in [0.1, 0.15) is 13.8 Å². The minimum Gasteiger partial charge on any atom is -0.790 e. The van der Waals surface area contributed by atoms with E-state index in [9.17, 15) is 23.9 Å². The summed E-state index contributed by atoms with van der Waals surface area (Å²) in [5, 5.41) is 0. The van der Waals surface area contributed by atoms with Crippen LogP contribution >= 0.6 is 7.82 Å². The SMILES string of the molecule is CCN1C(=O)C(OP(=O)([O-])[O-])N(CC)C1=O. The third kappa shape index (κ3) is 2.41. The molecule has 0 spiro atoms. The maximum absolute atomic E-state index is 11.5. The summed E-state index contributed by atoms with van der Waals surface area (Å²) in [6.45, 7) is 3.27. The van der Waals surface area contributed by atoms with Gasteiger partial charge < -0.3 is 18.9 Å². The van der Waals surface area contributed by atoms with Crippen molar-refractivity contribution in [3.05, 3.63) is 0 Å². The predicted octanol–water partition coefficient (Wildman–Crippen LogP) is -1.54. The van der Waals surface area contributed by atoms with E-state index in [1.165, 1.54) is 0 Å². The fourth-order valence-electron chi connectivity index (χ4n) is 1.43. The summed E-state index contributed by atoms with van der Waals surface area (Å²) in [6, 6.07) is -0.659. The van der Waals surface area contributed by atoms with Gasteiger partial charge in [0.05, 0.1) is 7.82 Å². The van der Waals surface area contributed by atoms with Gasteiger partial charge in [0.15, 0.2) is 0 Å². The fraction of sp³-hybridized carbons (Fsp3) is 0.714. The van der Waals surface area contributed by atoms with E-state index in [2.05, 4.69) is 4.52 Å². The van der Waals surface area contributed by atoms with Crippen LogP contribution in [0.3, 0.4) is 0 Å². The first-order chi connectivity index (χ1) is 7.31. The van der Waals surface area contributed by atoms with Crippen molar-refractivity contribution < 1.29 is 28.5 Å². The number of carbonyl (C=O) groups excluding carboxylic acids is 2. The number of urea groups is 1. The van der Waals surface area contributed by atoms with E-state index >= 15 is 0 Å². The molecule has 1 saturated heterocycles. The van der Waals surface area contributed by atoms with Crippen LogP contribution in [0.25, 0.3) is 0 Å². The molecule has 0 saturated carbocycles. The van der Waals surface area contributed by atoms with Crippen LogP contribution in [0, 0.1) is 0 Å². The van der Waals surface area contributed by atoms with Crippen LogP contribution in [-0.4, -0.2) is 41.1 Å². The number of amides is 3. The Hall–Kier alpha value is -0.950. The zero-order chi connectivity index (χ0) is 12.5. The van der Waals surface area contributed by atoms with Crippen molar-refractivity contribution in [3.63, 3.8) is 0 Å². The molecule has 1 rings (SSSR count). The number of phosphoric ester groups is 1. The topological polar surface area (TPSA) is 113 Å². The van der Waals surface area contributed by atoms with Gasteiger partial charge in [0.1, 0.15) is 0 Å². The minimum atomic E-state index is -5.31. The Balaban J connectivity index is 2.95. The monoisotopic (exact) mass is 250 g/mol. The summed E-state index contributed by atoms with van der Waals surface area (Å²) >= 11 is 0. The molecule has 1 aliphatic rings. The number of carbonyl (C=O) groups is 2. The number of nitrogens with zero attached hydrogens (tertiary/aromatic N) is 2. The van der Waals surface area contributed by atoms with E-state index in [1.54, 1.807) is 13.8 Å². The number of hydrogen-bond donors (Lipinski definition) is 0. The van der Waals surface area contributed by atoms with Gasteiger partial charge in [-0.2, -0.15) is 0 Å². The lowest BCUT2D eigenvalue weighted by atomic mass is 10.5. The lowest BCUT2D eigenvalue weighted by Gasteiger charge is -2.33. The standard InChI is InChI=1S/C7H13N2O6P/c1-3-8-5(10)6(15-16(12,13)14)9(4-2)7(8)11/h6H,3-4H2,1-2H3,(H2,12,13,14)/p-2. The summed E-state index contributed by atoms with van der Waals surface area (Å²) in [7, 11) is -5.31. The molecule has 92 valence electrons. The van der Waals surface area contributed by atoms with Crippen LogP contribution in [-0.2, 0) is 13.9 Å². The van der Waals surface area contributed by atoms with Gasteiger partial charge in [0, 0.05) is 13.1 Å². The smallest absolute Gasteiger partial charge is 0.329 e. The molecule has 1 heterocycles. The Morgan fingerprint density at radius 1 is 1.31 bits per heavy atom. The second kappa shape index (κ2) is 4.50. The molecule has 0 bridgehead atoms. The van der Waals surface area contributed by atoms with Crippen molar-refractivity contribution in [2.75, 3.05) is 13.1 Å². The molecule has 1 atom stereocenters. The molecule has 0 aromatic carbocycles. The Bertz CT molecular complexity index is 353. The molecule has 16 heavy (non-hydrogen) atoms. The Morgan fingerprint density at radius 3 is 2.25 bits per heavy atom. The molecular formula is C7H11N2O6P-2. The summed E-state index contributed by atoms with van der Waals surface area (Å²) in [5.74, 6) is -0.832. The lowest BCUT2D eigenvalue weighted by molar-refractivity contribution is -0.346. The average molecular weight is 250 g/mol. The first-order valence-electron chi connectivity index (χ1n) is 4.64. The Kier molecular flexibility index (Phi) is 3.69. The van der Waals surface area contributed by atoms with E-state index in [0.717, 1.165) is 9.80 Å². The second-order valence-electron chi connectivity index (χ2n) is 3.06. The highest BCUT2D eigenvalue weighted by molar-refractivity contribution is 7.43. The van der Waals surface area contributed by atoms with Crippen molar-refractivity contribution in [1.82, 2.24) is 9.80 Å². The molecule has 1 fully saturated rings. The van der Waals surface area contributed by atoms with Crippen LogP contribution < -0.4 is 9.79 Å². The summed E-state index contributed by atoms with van der Waals surface area (Å²) in [4.78, 5) is 45.6. The van der Waals surface area contributed by atoms with Crippen LogP contribution in [0.5, 0.6) is 0 Å². The number of hydrogen-bond acceptors (Lipinski definition) is 6. The summed E-state index contributed by atoms with van der Waals surface area (Å²) in [5.41, 5.74) is 0. The largest absolute Gasteiger partial charge is 0.790 e. The molecule has 1 unspecified atom stereocenters. The van der Waals surface area contributed by atoms with E-state index in [4.69, 9.17) is 0 Å². The van der Waals surface area contributed by atoms with Crippen molar-refractivity contribution in [2.45, 2.75) is 20.1 Å². The van der Waals surface area contributed by atoms with Crippen LogP contribution in [0.15, 0.2) is 0 Å². The molecular weight excluding hydrogens is 239 g/mol. The van der Waals surface area contributed by atoms with Gasteiger partial charge in [-0.05, 0) is 13.8 Å². The highest BCUT2D eigenvalue weighted by Gasteiger charge is 2.44. The zero-order valence-corrected chi connectivity index (χ0v) is 9.68. The highest BCUT2D eigenvalue weighted by atomic mass is 31.2. The fourth-order valence-corrected chi connectivity index (χ4v) is 1.88. The number of phosphoric acid groups is 1. The van der Waals surface area contributed by atoms with E-state index in [-0.39, 0.29) is 13.1 Å². The summed E-state index contributed by atoms with van der Waals surface area (Å²) < 4.78 is 14.5. The first kappa shape index (κ1) is 13.1. The number of imide groups is 1. The molecule has 0 aromatic heterocycles. The van der Waals surface area contributed by atoms with Gasteiger partial charge in [0.2, 0.25) is 6.23 Å². The lowest BCUT2D eigenvalue weighted by Crippen LogP contribution is -2.38. The minimum absolute atomic E-state index is 0.0751. The molecule has 9 heteroatoms. The second-order valence-corrected chi connectivity index (χ2v) is 4.16. The molecule has 0 aliphatic carbocycles. The van der Waals surface area contributed by atoms with Gasteiger partial charge in [-0.25, -0.2) is 4.79 Å². The molecule has 0 aromatic rings. The highest BCUT2D eigenvalue weighted by Crippen LogP contribution is 2.32. The van der Waals surface area contributed by atoms with Crippen molar-refractivity contribution >= 4 is 19.8 Å². The zero-order valence-electron chi connectivity index (χ0n) is 8.78. The maximum atomic E-state index is 11.5. The van der Waals surface area contributed by atoms with E-state index < -0.39 is 26.0 Å². The summed E-state index contributed by atoms with van der Waals surface area (Å²) in [6.07, 6.45) is -1.65. The number of rotatable bonds is 4. The normalized spacial score (nSPS) is 22.1. The van der Waals surface area contributed by atoms with Crippen LogP contribution in [0.4, 0.5) is 4.79 Å². The van der Waals surface area contributed by atoms with Crippen molar-refractivity contribution in [3.8, 4) is 0 Å². The third-order valence-electron chi connectivity index (χ3n) is 2.12. The molecule has 1 aliphatic heterocycles. The number of likely N-dealkylation sites (N-methyl/N-ethyl adjacent to an activating group) is 2. The quantitative estimate of drug-likeness (QED) is 0.441.